The quantitative estimate of drug-likeness (QED) is 0.470. The van der Waals surface area contributed by atoms with Crippen LogP contribution in [0.4, 0.5) is 18.9 Å². The number of aromatic nitrogens is 1. The Bertz CT molecular complexity index is 1290. The molecule has 4 rings (SSSR count). The van der Waals surface area contributed by atoms with Crippen LogP contribution in [-0.4, -0.2) is 67.7 Å². The fourth-order valence-corrected chi connectivity index (χ4v) is 5.05. The fourth-order valence-electron chi connectivity index (χ4n) is 5.05. The highest BCUT2D eigenvalue weighted by molar-refractivity contribution is 6.04. The van der Waals surface area contributed by atoms with E-state index in [0.717, 1.165) is 10.9 Å². The summed E-state index contributed by atoms with van der Waals surface area (Å²) in [7, 11) is 3.16. The van der Waals surface area contributed by atoms with E-state index in [-0.39, 0.29) is 37.2 Å². The van der Waals surface area contributed by atoms with Crippen LogP contribution in [0.3, 0.4) is 0 Å². The van der Waals surface area contributed by atoms with Gasteiger partial charge < -0.3 is 15.0 Å². The Labute approximate surface area is 219 Å². The van der Waals surface area contributed by atoms with Crippen molar-refractivity contribution in [1.82, 2.24) is 15.2 Å². The van der Waals surface area contributed by atoms with Gasteiger partial charge in [-0.15, -0.1) is 0 Å². The number of ether oxygens (including phenoxy) is 1. The fraction of sp³-hybridized carbons (Fsp3) is 0.393. The average molecular weight is 529 g/mol. The van der Waals surface area contributed by atoms with Gasteiger partial charge in [-0.2, -0.15) is 13.2 Å². The number of rotatable bonds is 8. The third-order valence-electron chi connectivity index (χ3n) is 6.87. The van der Waals surface area contributed by atoms with E-state index >= 15 is 0 Å². The number of likely N-dealkylation sites (tertiary alicyclic amines) is 1. The maximum absolute atomic E-state index is 13.3. The van der Waals surface area contributed by atoms with Crippen molar-refractivity contribution in [3.8, 4) is 5.75 Å². The van der Waals surface area contributed by atoms with Crippen LogP contribution < -0.4 is 15.0 Å². The lowest BCUT2D eigenvalue weighted by Crippen LogP contribution is -2.42. The third-order valence-corrected chi connectivity index (χ3v) is 6.87. The molecule has 0 radical (unpaired) electrons. The molecule has 2 aromatic carbocycles. The van der Waals surface area contributed by atoms with Gasteiger partial charge in [0, 0.05) is 62.1 Å². The number of alkyl halides is 3. The number of hydrogen-bond acceptors (Lipinski definition) is 5. The summed E-state index contributed by atoms with van der Waals surface area (Å²) >= 11 is 0. The molecule has 1 aromatic heterocycles. The Balaban J connectivity index is 1.45. The summed E-state index contributed by atoms with van der Waals surface area (Å²) in [5.41, 5.74) is 2.05. The predicted octanol–water partition coefficient (Wildman–Crippen LogP) is 4.38. The van der Waals surface area contributed by atoms with Gasteiger partial charge in [-0.3, -0.25) is 19.5 Å². The molecule has 202 valence electrons. The second kappa shape index (κ2) is 11.4. The number of nitrogens with one attached hydrogen (secondary N) is 1. The molecule has 2 heterocycles. The van der Waals surface area contributed by atoms with E-state index in [9.17, 15) is 22.8 Å². The number of carbonyl (C=O) groups excluding carboxylic acids is 2. The van der Waals surface area contributed by atoms with Crippen LogP contribution in [0.2, 0.25) is 0 Å². The lowest BCUT2D eigenvalue weighted by molar-refractivity contribution is -0.143. The van der Waals surface area contributed by atoms with Gasteiger partial charge in [-0.1, -0.05) is 43.3 Å². The smallest absolute Gasteiger partial charge is 0.401 e. The highest BCUT2D eigenvalue weighted by Crippen LogP contribution is 2.32. The highest BCUT2D eigenvalue weighted by atomic mass is 19.4. The number of anilines is 1. The standard InChI is InChI=1S/C28H31F3N4O3/c1-18(27(37)34(2)24-14-21(38-3)13-20-10-7-11-32-26(20)24)12-25(36)33-23-16-35(17-28(29,30)31)15-22(23)19-8-5-4-6-9-19/h4-11,13-14,18,22-23H,12,15-17H2,1-3H3,(H,33,36)/t18?,22-,23+/m0/s1. The molecule has 0 spiro atoms. The first kappa shape index (κ1) is 27.4. The first-order valence-electron chi connectivity index (χ1n) is 12.4. The van der Waals surface area contributed by atoms with Gasteiger partial charge in [-0.25, -0.2) is 0 Å². The van der Waals surface area contributed by atoms with Crippen LogP contribution in [0.1, 0.15) is 24.8 Å². The number of carbonyl (C=O) groups is 2. The molecule has 10 heteroatoms. The Morgan fingerprint density at radius 3 is 2.58 bits per heavy atom. The molecule has 0 saturated carbocycles. The molecule has 2 amide bonds. The van der Waals surface area contributed by atoms with Gasteiger partial charge >= 0.3 is 6.18 Å². The molecule has 1 saturated heterocycles. The minimum atomic E-state index is -4.33. The normalized spacial score (nSPS) is 18.8. The van der Waals surface area contributed by atoms with Crippen LogP contribution in [0.5, 0.6) is 5.75 Å². The minimum Gasteiger partial charge on any atom is -0.497 e. The SMILES string of the molecule is COc1cc(N(C)C(=O)C(C)CC(=O)N[C@@H]2CN(CC(F)(F)F)C[C@H]2c2ccccc2)c2ncccc2c1. The Morgan fingerprint density at radius 2 is 1.89 bits per heavy atom. The number of pyridine rings is 1. The topological polar surface area (TPSA) is 74.8 Å². The maximum atomic E-state index is 13.3. The molecule has 7 nitrogen and oxygen atoms in total. The van der Waals surface area contributed by atoms with Crippen molar-refractivity contribution in [3.05, 3.63) is 66.4 Å². The van der Waals surface area contributed by atoms with Crippen molar-refractivity contribution < 1.29 is 27.5 Å². The number of benzene rings is 2. The zero-order chi connectivity index (χ0) is 27.4. The van der Waals surface area contributed by atoms with E-state index in [4.69, 9.17) is 4.74 Å². The largest absolute Gasteiger partial charge is 0.497 e. The zero-order valence-electron chi connectivity index (χ0n) is 21.5. The molecular weight excluding hydrogens is 497 g/mol. The van der Waals surface area contributed by atoms with Crippen molar-refractivity contribution in [2.24, 2.45) is 5.92 Å². The zero-order valence-corrected chi connectivity index (χ0v) is 21.5. The molecule has 1 N–H and O–H groups in total. The number of methoxy groups -OCH3 is 1. The molecule has 3 atom stereocenters. The molecule has 1 fully saturated rings. The first-order valence-corrected chi connectivity index (χ1v) is 12.4. The number of hydrogen-bond donors (Lipinski definition) is 1. The number of nitrogens with zero attached hydrogens (tertiary/aromatic N) is 3. The van der Waals surface area contributed by atoms with Crippen LogP contribution in [-0.2, 0) is 9.59 Å². The van der Waals surface area contributed by atoms with Gasteiger partial charge in [0.15, 0.2) is 0 Å². The number of fused-ring (bicyclic) bond motifs is 1. The van der Waals surface area contributed by atoms with E-state index < -0.39 is 24.7 Å². The second-order valence-corrected chi connectivity index (χ2v) is 9.72. The summed E-state index contributed by atoms with van der Waals surface area (Å²) < 4.78 is 44.6. The Kier molecular flexibility index (Phi) is 8.20. The lowest BCUT2D eigenvalue weighted by Gasteiger charge is -2.24. The molecule has 38 heavy (non-hydrogen) atoms. The monoisotopic (exact) mass is 528 g/mol. The molecule has 0 bridgehead atoms. The minimum absolute atomic E-state index is 0.0779. The van der Waals surface area contributed by atoms with Gasteiger partial charge in [0.2, 0.25) is 11.8 Å². The first-order chi connectivity index (χ1) is 18.1. The average Bonchev–Trinajstić information content (AvgIpc) is 3.27. The summed E-state index contributed by atoms with van der Waals surface area (Å²) in [5, 5.41) is 3.71. The lowest BCUT2D eigenvalue weighted by atomic mass is 9.94. The van der Waals surface area contributed by atoms with Crippen molar-refractivity contribution in [2.75, 3.05) is 38.7 Å². The Morgan fingerprint density at radius 1 is 1.16 bits per heavy atom. The third kappa shape index (κ3) is 6.42. The summed E-state index contributed by atoms with van der Waals surface area (Å²) in [6.45, 7) is 0.883. The van der Waals surface area contributed by atoms with Gasteiger partial charge in [-0.05, 0) is 17.7 Å². The van der Waals surface area contributed by atoms with Crippen LogP contribution in [0.15, 0.2) is 60.8 Å². The van der Waals surface area contributed by atoms with Crippen molar-refractivity contribution in [3.63, 3.8) is 0 Å². The van der Waals surface area contributed by atoms with Crippen LogP contribution in [0, 0.1) is 5.92 Å². The van der Waals surface area contributed by atoms with Crippen LogP contribution >= 0.6 is 0 Å². The number of halogens is 3. The molecular formula is C28H31F3N4O3. The van der Waals surface area contributed by atoms with E-state index in [1.165, 1.54) is 16.9 Å². The van der Waals surface area contributed by atoms with E-state index in [0.29, 0.717) is 17.0 Å². The summed E-state index contributed by atoms with van der Waals surface area (Å²) in [6, 6.07) is 15.9. The van der Waals surface area contributed by atoms with Crippen molar-refractivity contribution in [2.45, 2.75) is 31.5 Å². The van der Waals surface area contributed by atoms with Gasteiger partial charge in [0.05, 0.1) is 24.9 Å². The van der Waals surface area contributed by atoms with Gasteiger partial charge in [0.25, 0.3) is 0 Å². The van der Waals surface area contributed by atoms with Crippen LogP contribution in [0.25, 0.3) is 10.9 Å². The molecule has 1 aliphatic rings. The molecule has 1 aliphatic heterocycles. The molecule has 0 aliphatic carbocycles. The van der Waals surface area contributed by atoms with E-state index in [1.54, 1.807) is 32.3 Å². The van der Waals surface area contributed by atoms with Crippen molar-refractivity contribution >= 4 is 28.4 Å². The Hall–Kier alpha value is -3.66. The molecule has 3 aromatic rings. The van der Waals surface area contributed by atoms with E-state index in [2.05, 4.69) is 10.3 Å². The molecule has 1 unspecified atom stereocenters. The summed E-state index contributed by atoms with van der Waals surface area (Å²) in [4.78, 5) is 33.5. The second-order valence-electron chi connectivity index (χ2n) is 9.72. The predicted molar refractivity (Wildman–Crippen MR) is 139 cm³/mol. The number of amides is 2. The van der Waals surface area contributed by atoms with Gasteiger partial charge in [0.1, 0.15) is 5.75 Å². The summed E-state index contributed by atoms with van der Waals surface area (Å²) in [6.07, 6.45) is -2.79. The maximum Gasteiger partial charge on any atom is 0.401 e. The summed E-state index contributed by atoms with van der Waals surface area (Å²) in [5.74, 6) is -1.06. The van der Waals surface area contributed by atoms with E-state index in [1.807, 2.05) is 42.5 Å². The highest BCUT2D eigenvalue weighted by Gasteiger charge is 2.40. The van der Waals surface area contributed by atoms with Crippen molar-refractivity contribution in [1.29, 1.82) is 0 Å².